The third-order valence-corrected chi connectivity index (χ3v) is 4.37. The summed E-state index contributed by atoms with van der Waals surface area (Å²) < 4.78 is 14.3. The summed E-state index contributed by atoms with van der Waals surface area (Å²) >= 11 is 0.0140. The van der Waals surface area contributed by atoms with Gasteiger partial charge in [0.05, 0.1) is 0 Å². The predicted molar refractivity (Wildman–Crippen MR) is 70.5 cm³/mol. The van der Waals surface area contributed by atoms with Gasteiger partial charge in [-0.25, -0.2) is 0 Å². The van der Waals surface area contributed by atoms with Gasteiger partial charge in [0, 0.05) is 0 Å². The first-order valence-electron chi connectivity index (χ1n) is 5.57. The Hall–Kier alpha value is -0.901. The molecule has 5 heteroatoms. The molecule has 1 aromatic rings. The summed E-state index contributed by atoms with van der Waals surface area (Å²) in [6.07, 6.45) is 0. The maximum absolute atomic E-state index is 5.48. The monoisotopic (exact) mass is 299 g/mol. The van der Waals surface area contributed by atoms with Gasteiger partial charge < -0.3 is 0 Å². The van der Waals surface area contributed by atoms with E-state index in [1.165, 1.54) is 0 Å². The Labute approximate surface area is 108 Å². The van der Waals surface area contributed by atoms with E-state index in [1.54, 1.807) is 7.11 Å². The first-order chi connectivity index (χ1) is 8.04. The van der Waals surface area contributed by atoms with Crippen LogP contribution in [0.5, 0.6) is 0 Å². The molecule has 0 radical (unpaired) electrons. The number of methoxy groups -OCH3 is 1. The summed E-state index contributed by atoms with van der Waals surface area (Å²) in [4.78, 5) is 0. The fourth-order valence-electron chi connectivity index (χ4n) is 1.51. The van der Waals surface area contributed by atoms with E-state index in [0.29, 0.717) is 0 Å². The number of nitrogens with zero attached hydrogens (tertiary/aromatic N) is 2. The summed E-state index contributed by atoms with van der Waals surface area (Å²) in [5, 5.41) is 3.46. The minimum atomic E-state index is -0.219. The van der Waals surface area contributed by atoms with Crippen molar-refractivity contribution in [2.75, 3.05) is 12.4 Å². The quantitative estimate of drug-likeness (QED) is 0.881. The van der Waals surface area contributed by atoms with Crippen LogP contribution in [-0.2, 0) is 4.74 Å². The van der Waals surface area contributed by atoms with E-state index in [1.807, 2.05) is 18.2 Å². The van der Waals surface area contributed by atoms with Gasteiger partial charge in [0.2, 0.25) is 0 Å². The van der Waals surface area contributed by atoms with Crippen molar-refractivity contribution in [1.29, 1.82) is 0 Å². The van der Waals surface area contributed by atoms with Gasteiger partial charge in [-0.15, -0.1) is 0 Å². The third-order valence-electron chi connectivity index (χ3n) is 3.23. The van der Waals surface area contributed by atoms with Crippen molar-refractivity contribution in [3.63, 3.8) is 0 Å². The number of nitrogens with one attached hydrogen (secondary N) is 1. The molecule has 4 nitrogen and oxygen atoms in total. The number of ether oxygens (including phenoxy) is 1. The molecule has 1 aliphatic heterocycles. The van der Waals surface area contributed by atoms with Crippen molar-refractivity contribution < 1.29 is 4.74 Å². The summed E-state index contributed by atoms with van der Waals surface area (Å²) in [5.41, 5.74) is 2.82. The second kappa shape index (κ2) is 4.76. The average Bonchev–Trinajstić information content (AvgIpc) is 2.78. The number of benzene rings is 1. The molecular weight excluding hydrogens is 281 g/mol. The van der Waals surface area contributed by atoms with E-state index in [2.05, 4.69) is 34.0 Å². The van der Waals surface area contributed by atoms with Crippen molar-refractivity contribution in [3.8, 4) is 0 Å². The van der Waals surface area contributed by atoms with E-state index in [-0.39, 0.29) is 26.2 Å². The van der Waals surface area contributed by atoms with Gasteiger partial charge in [-0.3, -0.25) is 0 Å². The number of fused-ring (bicyclic) bond motifs is 1. The van der Waals surface area contributed by atoms with Crippen molar-refractivity contribution in [3.05, 3.63) is 18.2 Å². The SMILES string of the molecule is COC(C)(C)C(C)Nc1cccc2c1N=[Se]=N2. The number of hydrogen-bond acceptors (Lipinski definition) is 4. The molecule has 0 fully saturated rings. The van der Waals surface area contributed by atoms with Crippen LogP contribution in [0.1, 0.15) is 20.8 Å². The first-order valence-corrected chi connectivity index (χ1v) is 7.11. The third kappa shape index (κ3) is 2.51. The second-order valence-corrected chi connectivity index (χ2v) is 5.72. The van der Waals surface area contributed by atoms with Crippen molar-refractivity contribution in [2.45, 2.75) is 32.4 Å². The van der Waals surface area contributed by atoms with Crippen LogP contribution in [0.25, 0.3) is 0 Å². The van der Waals surface area contributed by atoms with Crippen LogP contribution >= 0.6 is 0 Å². The summed E-state index contributed by atoms with van der Waals surface area (Å²) in [6, 6.07) is 6.25. The molecule has 1 heterocycles. The Kier molecular flexibility index (Phi) is 3.52. The normalized spacial score (nSPS) is 15.3. The predicted octanol–water partition coefficient (Wildman–Crippen LogP) is 3.26. The standard InChI is InChI=1S/C12H17N3OSe/c1-8(12(2,3)16-4)13-9-6-5-7-10-11(9)15-17-14-10/h5-8,13H,1-4H3. The van der Waals surface area contributed by atoms with Gasteiger partial charge in [0.25, 0.3) is 0 Å². The van der Waals surface area contributed by atoms with E-state index < -0.39 is 0 Å². The van der Waals surface area contributed by atoms with Crippen LogP contribution in [0.4, 0.5) is 17.1 Å². The van der Waals surface area contributed by atoms with Gasteiger partial charge in [0.15, 0.2) is 0 Å². The fourth-order valence-corrected chi connectivity index (χ4v) is 2.66. The Morgan fingerprint density at radius 1 is 1.35 bits per heavy atom. The minimum absolute atomic E-state index is 0.0140. The molecule has 92 valence electrons. The van der Waals surface area contributed by atoms with Crippen LogP contribution < -0.4 is 5.32 Å². The molecule has 0 spiro atoms. The van der Waals surface area contributed by atoms with Crippen LogP contribution in [0.15, 0.2) is 26.1 Å². The molecule has 1 unspecified atom stereocenters. The van der Waals surface area contributed by atoms with Crippen molar-refractivity contribution in [1.82, 2.24) is 0 Å². The van der Waals surface area contributed by atoms with Crippen molar-refractivity contribution >= 4 is 31.6 Å². The molecule has 0 aromatic heterocycles. The van der Waals surface area contributed by atoms with Crippen LogP contribution in [-0.4, -0.2) is 33.3 Å². The Bertz CT molecular complexity index is 493. The maximum atomic E-state index is 5.48. The van der Waals surface area contributed by atoms with Gasteiger partial charge in [0.1, 0.15) is 0 Å². The first kappa shape index (κ1) is 12.6. The molecule has 17 heavy (non-hydrogen) atoms. The van der Waals surface area contributed by atoms with Crippen molar-refractivity contribution in [2.24, 2.45) is 7.92 Å². The zero-order chi connectivity index (χ0) is 12.5. The molecular formula is C12H17N3OSe. The molecule has 0 bridgehead atoms. The molecule has 0 amide bonds. The topological polar surface area (TPSA) is 46.0 Å². The molecule has 1 aliphatic rings. The van der Waals surface area contributed by atoms with Gasteiger partial charge in [-0.2, -0.15) is 0 Å². The molecule has 0 saturated heterocycles. The average molecular weight is 298 g/mol. The molecule has 1 N–H and O–H groups in total. The summed E-state index contributed by atoms with van der Waals surface area (Å²) in [5.74, 6) is 0. The van der Waals surface area contributed by atoms with E-state index in [4.69, 9.17) is 4.74 Å². The number of hydrogen-bond donors (Lipinski definition) is 1. The molecule has 2 rings (SSSR count). The van der Waals surface area contributed by atoms with Crippen LogP contribution in [0.2, 0.25) is 0 Å². The van der Waals surface area contributed by atoms with Crippen LogP contribution in [0, 0.1) is 0 Å². The van der Waals surface area contributed by atoms with Gasteiger partial charge >= 0.3 is 107 Å². The van der Waals surface area contributed by atoms with E-state index in [0.717, 1.165) is 17.1 Å². The van der Waals surface area contributed by atoms with Gasteiger partial charge in [-0.1, -0.05) is 0 Å². The zero-order valence-electron chi connectivity index (χ0n) is 10.5. The fraction of sp³-hybridized carbons (Fsp3) is 0.500. The molecule has 0 saturated carbocycles. The molecule has 1 atom stereocenters. The van der Waals surface area contributed by atoms with E-state index in [9.17, 15) is 0 Å². The van der Waals surface area contributed by atoms with E-state index >= 15 is 0 Å². The number of anilines is 1. The van der Waals surface area contributed by atoms with Gasteiger partial charge in [-0.05, 0) is 0 Å². The second-order valence-electron chi connectivity index (χ2n) is 4.61. The zero-order valence-corrected chi connectivity index (χ0v) is 12.2. The summed E-state index contributed by atoms with van der Waals surface area (Å²) in [6.45, 7) is 6.25. The summed E-state index contributed by atoms with van der Waals surface area (Å²) in [7, 11) is 1.73. The Morgan fingerprint density at radius 3 is 2.82 bits per heavy atom. The Morgan fingerprint density at radius 2 is 2.12 bits per heavy atom. The van der Waals surface area contributed by atoms with Crippen LogP contribution in [0.3, 0.4) is 0 Å². The molecule has 0 aliphatic carbocycles. The molecule has 1 aromatic carbocycles. The number of rotatable bonds is 4. The Balaban J connectivity index is 2.21.